The molecule has 1 aliphatic heterocycles. The van der Waals surface area contributed by atoms with Crippen molar-refractivity contribution in [3.05, 3.63) is 67.0 Å². The maximum absolute atomic E-state index is 5.90. The van der Waals surface area contributed by atoms with Crippen LogP contribution in [0, 0.1) is 0 Å². The van der Waals surface area contributed by atoms with Crippen molar-refractivity contribution < 1.29 is 4.74 Å². The summed E-state index contributed by atoms with van der Waals surface area (Å²) in [6, 6.07) is 18.5. The third-order valence-corrected chi connectivity index (χ3v) is 5.43. The minimum absolute atomic E-state index is 0.197. The molecule has 3 heterocycles. The van der Waals surface area contributed by atoms with Crippen molar-refractivity contribution in [3.8, 4) is 11.3 Å². The van der Waals surface area contributed by atoms with Gasteiger partial charge in [-0.05, 0) is 38.1 Å². The number of nitrogens with one attached hydrogen (secondary N) is 2. The molecule has 0 bridgehead atoms. The van der Waals surface area contributed by atoms with Crippen molar-refractivity contribution >= 4 is 28.2 Å². The first-order valence-corrected chi connectivity index (χ1v) is 10.3. The van der Waals surface area contributed by atoms with Crippen LogP contribution in [0.3, 0.4) is 0 Å². The van der Waals surface area contributed by atoms with Crippen LogP contribution in [0.2, 0.25) is 0 Å². The molecule has 30 heavy (non-hydrogen) atoms. The van der Waals surface area contributed by atoms with Crippen molar-refractivity contribution in [1.82, 2.24) is 15.0 Å². The number of benzene rings is 2. The van der Waals surface area contributed by atoms with Gasteiger partial charge in [-0.1, -0.05) is 30.3 Å². The van der Waals surface area contributed by atoms with E-state index in [-0.39, 0.29) is 12.2 Å². The molecule has 0 amide bonds. The number of anilines is 3. The fourth-order valence-corrected chi connectivity index (χ4v) is 4.20. The molecule has 2 aromatic heterocycles. The van der Waals surface area contributed by atoms with E-state index in [1.165, 1.54) is 0 Å². The van der Waals surface area contributed by atoms with Crippen molar-refractivity contribution in [1.29, 1.82) is 0 Å². The minimum Gasteiger partial charge on any atom is -0.372 e. The normalized spacial score (nSPS) is 19.2. The van der Waals surface area contributed by atoms with E-state index in [0.29, 0.717) is 5.95 Å². The Morgan fingerprint density at radius 1 is 1.00 bits per heavy atom. The first-order valence-electron chi connectivity index (χ1n) is 10.3. The number of morpholine rings is 1. The lowest BCUT2D eigenvalue weighted by atomic mass is 10.1. The second kappa shape index (κ2) is 7.80. The van der Waals surface area contributed by atoms with Gasteiger partial charge in [0, 0.05) is 41.9 Å². The number of nitrogens with zero attached hydrogens (tertiary/aromatic N) is 3. The number of H-pyrrole nitrogens is 1. The molecular weight excluding hydrogens is 374 g/mol. The molecule has 1 saturated heterocycles. The number of ether oxygens (including phenoxy) is 1. The molecule has 2 atom stereocenters. The molecule has 0 saturated carbocycles. The van der Waals surface area contributed by atoms with E-state index in [4.69, 9.17) is 9.72 Å². The predicted molar refractivity (Wildman–Crippen MR) is 121 cm³/mol. The van der Waals surface area contributed by atoms with E-state index < -0.39 is 0 Å². The van der Waals surface area contributed by atoms with Crippen LogP contribution in [0.15, 0.2) is 67.0 Å². The van der Waals surface area contributed by atoms with E-state index in [1.54, 1.807) is 6.20 Å². The summed E-state index contributed by atoms with van der Waals surface area (Å²) in [6.07, 6.45) is 4.20. The van der Waals surface area contributed by atoms with Crippen LogP contribution in [0.1, 0.15) is 13.8 Å². The summed E-state index contributed by atoms with van der Waals surface area (Å²) in [5.41, 5.74) is 5.19. The molecule has 0 radical (unpaired) electrons. The van der Waals surface area contributed by atoms with Crippen LogP contribution in [0.4, 0.5) is 17.3 Å². The van der Waals surface area contributed by atoms with E-state index in [0.717, 1.165) is 46.6 Å². The summed E-state index contributed by atoms with van der Waals surface area (Å²) in [6.45, 7) is 5.96. The molecule has 6 nitrogen and oxygen atoms in total. The number of aromatic nitrogens is 3. The zero-order chi connectivity index (χ0) is 20.5. The highest BCUT2D eigenvalue weighted by Gasteiger charge is 2.24. The quantitative estimate of drug-likeness (QED) is 0.506. The van der Waals surface area contributed by atoms with E-state index in [1.807, 2.05) is 30.5 Å². The summed E-state index contributed by atoms with van der Waals surface area (Å²) in [5, 5.41) is 4.59. The SMILES string of the molecule is C[C@H]1CN(c2ccccc2Nc2nccc(-c3c[nH]c4ccccc34)n2)C[C@H](C)O1. The molecule has 5 rings (SSSR count). The van der Waals surface area contributed by atoms with Crippen LogP contribution < -0.4 is 10.2 Å². The zero-order valence-corrected chi connectivity index (χ0v) is 17.2. The lowest BCUT2D eigenvalue weighted by Gasteiger charge is -2.37. The highest BCUT2D eigenvalue weighted by molar-refractivity contribution is 5.94. The zero-order valence-electron chi connectivity index (χ0n) is 17.2. The van der Waals surface area contributed by atoms with E-state index in [2.05, 4.69) is 64.4 Å². The van der Waals surface area contributed by atoms with Gasteiger partial charge in [-0.25, -0.2) is 9.97 Å². The predicted octanol–water partition coefficient (Wildman–Crippen LogP) is 4.98. The Hall–Kier alpha value is -3.38. The van der Waals surface area contributed by atoms with Crippen molar-refractivity contribution in [2.45, 2.75) is 26.1 Å². The Labute approximate surface area is 175 Å². The molecule has 0 spiro atoms. The van der Waals surface area contributed by atoms with Gasteiger partial charge in [0.05, 0.1) is 29.3 Å². The van der Waals surface area contributed by atoms with Gasteiger partial charge >= 0.3 is 0 Å². The third-order valence-electron chi connectivity index (χ3n) is 5.43. The molecule has 152 valence electrons. The Morgan fingerprint density at radius 3 is 2.63 bits per heavy atom. The lowest BCUT2D eigenvalue weighted by Crippen LogP contribution is -2.45. The summed E-state index contributed by atoms with van der Waals surface area (Å²) >= 11 is 0. The number of fused-ring (bicyclic) bond motifs is 1. The summed E-state index contributed by atoms with van der Waals surface area (Å²) in [5.74, 6) is 0.583. The van der Waals surface area contributed by atoms with Gasteiger partial charge in [0.2, 0.25) is 5.95 Å². The first-order chi connectivity index (χ1) is 14.7. The Bertz CT molecular complexity index is 1160. The topological polar surface area (TPSA) is 66.1 Å². The average Bonchev–Trinajstić information content (AvgIpc) is 3.18. The van der Waals surface area contributed by atoms with Crippen molar-refractivity contribution in [2.24, 2.45) is 0 Å². The number of rotatable bonds is 4. The maximum atomic E-state index is 5.90. The van der Waals surface area contributed by atoms with E-state index in [9.17, 15) is 0 Å². The van der Waals surface area contributed by atoms with Crippen LogP contribution in [-0.4, -0.2) is 40.2 Å². The van der Waals surface area contributed by atoms with Gasteiger partial charge in [0.1, 0.15) is 0 Å². The number of hydrogen-bond acceptors (Lipinski definition) is 5. The van der Waals surface area contributed by atoms with Crippen LogP contribution in [0.25, 0.3) is 22.2 Å². The van der Waals surface area contributed by atoms with Gasteiger partial charge in [-0.3, -0.25) is 0 Å². The molecule has 2 aromatic carbocycles. The third kappa shape index (κ3) is 3.62. The van der Waals surface area contributed by atoms with Crippen LogP contribution in [0.5, 0.6) is 0 Å². The van der Waals surface area contributed by atoms with Gasteiger partial charge in [-0.2, -0.15) is 0 Å². The molecule has 1 aliphatic rings. The minimum atomic E-state index is 0.197. The highest BCUT2D eigenvalue weighted by Crippen LogP contribution is 2.31. The van der Waals surface area contributed by atoms with E-state index >= 15 is 0 Å². The number of para-hydroxylation sites is 3. The monoisotopic (exact) mass is 399 g/mol. The second-order valence-corrected chi connectivity index (χ2v) is 7.82. The fraction of sp³-hybridized carbons (Fsp3) is 0.250. The van der Waals surface area contributed by atoms with Crippen LogP contribution in [-0.2, 0) is 4.74 Å². The number of aromatic amines is 1. The molecular formula is C24H25N5O. The van der Waals surface area contributed by atoms with Gasteiger partial charge in [-0.15, -0.1) is 0 Å². The molecule has 0 aliphatic carbocycles. The molecule has 2 N–H and O–H groups in total. The highest BCUT2D eigenvalue weighted by atomic mass is 16.5. The summed E-state index contributed by atoms with van der Waals surface area (Å²) in [7, 11) is 0. The Balaban J connectivity index is 1.45. The van der Waals surface area contributed by atoms with Gasteiger partial charge < -0.3 is 19.9 Å². The van der Waals surface area contributed by atoms with Crippen molar-refractivity contribution in [2.75, 3.05) is 23.3 Å². The smallest absolute Gasteiger partial charge is 0.227 e. The summed E-state index contributed by atoms with van der Waals surface area (Å²) < 4.78 is 5.90. The van der Waals surface area contributed by atoms with Crippen LogP contribution >= 0.6 is 0 Å². The molecule has 0 unspecified atom stereocenters. The largest absolute Gasteiger partial charge is 0.372 e. The molecule has 1 fully saturated rings. The molecule has 4 aromatic rings. The fourth-order valence-electron chi connectivity index (χ4n) is 4.20. The Kier molecular flexibility index (Phi) is 4.85. The molecule has 6 heteroatoms. The summed E-state index contributed by atoms with van der Waals surface area (Å²) in [4.78, 5) is 14.9. The second-order valence-electron chi connectivity index (χ2n) is 7.82. The van der Waals surface area contributed by atoms with Gasteiger partial charge in [0.25, 0.3) is 0 Å². The van der Waals surface area contributed by atoms with Gasteiger partial charge in [0.15, 0.2) is 0 Å². The maximum Gasteiger partial charge on any atom is 0.227 e. The lowest BCUT2D eigenvalue weighted by molar-refractivity contribution is -0.00517. The average molecular weight is 399 g/mol. The first kappa shape index (κ1) is 18.6. The Morgan fingerprint density at radius 2 is 1.77 bits per heavy atom. The van der Waals surface area contributed by atoms with Crippen molar-refractivity contribution in [3.63, 3.8) is 0 Å². The standard InChI is InChI=1S/C24H25N5O/c1-16-14-29(15-17(2)30-16)23-10-6-5-9-22(23)28-24-25-12-11-21(27-24)19-13-26-20-8-4-3-7-18(19)20/h3-13,16-17,26H,14-15H2,1-2H3,(H,25,27,28)/t16-,17-/m0/s1. The number of hydrogen-bond donors (Lipinski definition) is 2.